The van der Waals surface area contributed by atoms with Crippen LogP contribution in [0.15, 0.2) is 69.8 Å². The van der Waals surface area contributed by atoms with Crippen molar-refractivity contribution < 1.29 is 27.9 Å². The van der Waals surface area contributed by atoms with Crippen molar-refractivity contribution in [3.63, 3.8) is 0 Å². The lowest BCUT2D eigenvalue weighted by Crippen LogP contribution is -2.06. The minimum absolute atomic E-state index is 0.125. The van der Waals surface area contributed by atoms with Crippen LogP contribution in [0.3, 0.4) is 0 Å². The molecule has 0 aliphatic rings. The summed E-state index contributed by atoms with van der Waals surface area (Å²) in [5.74, 6) is 1.25. The van der Waals surface area contributed by atoms with Crippen molar-refractivity contribution in [1.29, 1.82) is 0 Å². The molecule has 2 aromatic carbocycles. The molecule has 2 aromatic heterocycles. The van der Waals surface area contributed by atoms with Gasteiger partial charge in [0, 0.05) is 17.5 Å². The number of fused-ring (bicyclic) bond motifs is 1. The first-order valence-electron chi connectivity index (χ1n) is 8.14. The summed E-state index contributed by atoms with van der Waals surface area (Å²) in [6, 6.07) is 15.5. The van der Waals surface area contributed by atoms with E-state index in [0.29, 0.717) is 28.5 Å². The third-order valence-corrected chi connectivity index (χ3v) is 3.87. The van der Waals surface area contributed by atoms with Crippen molar-refractivity contribution in [3.05, 3.63) is 72.3 Å². The molecule has 7 heteroatoms. The van der Waals surface area contributed by atoms with Crippen LogP contribution in [0.4, 0.5) is 0 Å². The van der Waals surface area contributed by atoms with Crippen molar-refractivity contribution >= 4 is 16.9 Å². The maximum absolute atomic E-state index is 11.9. The fourth-order valence-corrected chi connectivity index (χ4v) is 2.53. The number of benzene rings is 2. The van der Waals surface area contributed by atoms with Gasteiger partial charge in [0.2, 0.25) is 5.76 Å². The molecule has 0 N–H and O–H groups in total. The lowest BCUT2D eigenvalue weighted by molar-refractivity contribution is 0.0701. The van der Waals surface area contributed by atoms with E-state index in [9.17, 15) is 4.79 Å². The lowest BCUT2D eigenvalue weighted by Gasteiger charge is -2.06. The predicted molar refractivity (Wildman–Crippen MR) is 95.0 cm³/mol. The third kappa shape index (κ3) is 3.62. The monoisotopic (exact) mass is 365 g/mol. The molecule has 7 nitrogen and oxygen atoms in total. The average molecular weight is 365 g/mol. The molecule has 4 rings (SSSR count). The standard InChI is InChI=1S/C20H15NO6/c1-23-13-4-2-5-14(10-13)25-12-17-16-8-7-15(11-19(16)27-21-17)26-20(22)18-6-3-9-24-18/h2-11H,12H2,1H3. The van der Waals surface area contributed by atoms with Gasteiger partial charge in [-0.1, -0.05) is 11.2 Å². The van der Waals surface area contributed by atoms with Crippen LogP contribution in [0.2, 0.25) is 0 Å². The Bertz CT molecular complexity index is 1070. The smallest absolute Gasteiger partial charge is 0.379 e. The van der Waals surface area contributed by atoms with E-state index in [4.69, 9.17) is 23.2 Å². The van der Waals surface area contributed by atoms with Gasteiger partial charge in [-0.05, 0) is 36.4 Å². The van der Waals surface area contributed by atoms with Gasteiger partial charge in [0.25, 0.3) is 0 Å². The summed E-state index contributed by atoms with van der Waals surface area (Å²) in [5, 5.41) is 4.81. The number of rotatable bonds is 6. The fourth-order valence-electron chi connectivity index (χ4n) is 2.53. The Hall–Kier alpha value is -3.74. The zero-order valence-corrected chi connectivity index (χ0v) is 14.4. The highest BCUT2D eigenvalue weighted by atomic mass is 16.5. The van der Waals surface area contributed by atoms with Gasteiger partial charge in [0.1, 0.15) is 29.5 Å². The highest BCUT2D eigenvalue weighted by molar-refractivity contribution is 5.89. The molecule has 0 bridgehead atoms. The summed E-state index contributed by atoms with van der Waals surface area (Å²) in [4.78, 5) is 11.9. The molecule has 0 aliphatic heterocycles. The Kier molecular flexibility index (Phi) is 4.49. The Morgan fingerprint density at radius 1 is 1.04 bits per heavy atom. The summed E-state index contributed by atoms with van der Waals surface area (Å²) in [6.45, 7) is 0.228. The number of carbonyl (C=O) groups is 1. The van der Waals surface area contributed by atoms with E-state index in [2.05, 4.69) is 5.16 Å². The van der Waals surface area contributed by atoms with Crippen molar-refractivity contribution in [3.8, 4) is 17.2 Å². The quantitative estimate of drug-likeness (QED) is 0.373. The lowest BCUT2D eigenvalue weighted by atomic mass is 10.2. The zero-order chi connectivity index (χ0) is 18.6. The highest BCUT2D eigenvalue weighted by Gasteiger charge is 2.14. The number of esters is 1. The van der Waals surface area contributed by atoms with E-state index in [-0.39, 0.29) is 12.4 Å². The molecule has 0 saturated carbocycles. The molecular formula is C20H15NO6. The van der Waals surface area contributed by atoms with Crippen LogP contribution >= 0.6 is 0 Å². The number of carbonyl (C=O) groups excluding carboxylic acids is 1. The van der Waals surface area contributed by atoms with E-state index in [1.165, 1.54) is 12.3 Å². The number of ether oxygens (including phenoxy) is 3. The van der Waals surface area contributed by atoms with Gasteiger partial charge in [-0.15, -0.1) is 0 Å². The largest absolute Gasteiger partial charge is 0.497 e. The van der Waals surface area contributed by atoms with E-state index in [1.807, 2.05) is 18.2 Å². The van der Waals surface area contributed by atoms with Gasteiger partial charge in [0.05, 0.1) is 13.4 Å². The molecule has 4 aromatic rings. The van der Waals surface area contributed by atoms with Crippen LogP contribution in [0, 0.1) is 0 Å². The maximum atomic E-state index is 11.9. The van der Waals surface area contributed by atoms with Gasteiger partial charge < -0.3 is 23.2 Å². The molecule has 27 heavy (non-hydrogen) atoms. The SMILES string of the molecule is COc1cccc(OCc2noc3cc(OC(=O)c4ccco4)ccc23)c1. The molecule has 0 fully saturated rings. The van der Waals surface area contributed by atoms with Crippen LogP contribution in [-0.2, 0) is 6.61 Å². The maximum Gasteiger partial charge on any atom is 0.379 e. The van der Waals surface area contributed by atoms with Crippen LogP contribution in [0.1, 0.15) is 16.2 Å². The van der Waals surface area contributed by atoms with Crippen molar-refractivity contribution in [2.75, 3.05) is 7.11 Å². The second kappa shape index (κ2) is 7.25. The number of nitrogens with zero attached hydrogens (tertiary/aromatic N) is 1. The van der Waals surface area contributed by atoms with E-state index >= 15 is 0 Å². The molecule has 0 amide bonds. The van der Waals surface area contributed by atoms with E-state index in [1.54, 1.807) is 37.4 Å². The number of methoxy groups -OCH3 is 1. The summed E-state index contributed by atoms with van der Waals surface area (Å²) in [5.41, 5.74) is 1.13. The van der Waals surface area contributed by atoms with Gasteiger partial charge >= 0.3 is 5.97 Å². The summed E-state index contributed by atoms with van der Waals surface area (Å²) >= 11 is 0. The first-order chi connectivity index (χ1) is 13.2. The Morgan fingerprint density at radius 3 is 2.74 bits per heavy atom. The normalized spacial score (nSPS) is 10.7. The van der Waals surface area contributed by atoms with Crippen LogP contribution in [0.25, 0.3) is 11.0 Å². The summed E-state index contributed by atoms with van der Waals surface area (Å²) < 4.78 is 26.5. The second-order valence-corrected chi connectivity index (χ2v) is 5.62. The molecule has 136 valence electrons. The third-order valence-electron chi connectivity index (χ3n) is 3.87. The zero-order valence-electron chi connectivity index (χ0n) is 14.4. The van der Waals surface area contributed by atoms with Gasteiger partial charge in [0.15, 0.2) is 5.58 Å². The van der Waals surface area contributed by atoms with Crippen molar-refractivity contribution in [1.82, 2.24) is 5.16 Å². The minimum Gasteiger partial charge on any atom is -0.497 e. The molecule has 0 radical (unpaired) electrons. The highest BCUT2D eigenvalue weighted by Crippen LogP contribution is 2.26. The van der Waals surface area contributed by atoms with Crippen molar-refractivity contribution in [2.45, 2.75) is 6.61 Å². The Labute approximate surface area is 154 Å². The molecule has 0 unspecified atom stereocenters. The van der Waals surface area contributed by atoms with Gasteiger partial charge in [-0.25, -0.2) is 4.79 Å². The van der Waals surface area contributed by atoms with Crippen LogP contribution < -0.4 is 14.2 Å². The van der Waals surface area contributed by atoms with E-state index < -0.39 is 5.97 Å². The first kappa shape index (κ1) is 16.7. The topological polar surface area (TPSA) is 83.9 Å². The van der Waals surface area contributed by atoms with Crippen LogP contribution in [-0.4, -0.2) is 18.2 Å². The van der Waals surface area contributed by atoms with Crippen LogP contribution in [0.5, 0.6) is 17.2 Å². The molecule has 0 atom stereocenters. The number of hydrogen-bond acceptors (Lipinski definition) is 7. The molecule has 0 saturated heterocycles. The molecule has 0 spiro atoms. The minimum atomic E-state index is -0.583. The summed E-state index contributed by atoms with van der Waals surface area (Å²) in [7, 11) is 1.60. The number of furan rings is 1. The second-order valence-electron chi connectivity index (χ2n) is 5.62. The molecule has 0 aliphatic carbocycles. The Balaban J connectivity index is 1.48. The fraction of sp³-hybridized carbons (Fsp3) is 0.100. The van der Waals surface area contributed by atoms with Gasteiger partial charge in [-0.2, -0.15) is 0 Å². The Morgan fingerprint density at radius 2 is 1.93 bits per heavy atom. The molecule has 2 heterocycles. The average Bonchev–Trinajstić information content (AvgIpc) is 3.36. The predicted octanol–water partition coefficient (Wildman–Crippen LogP) is 4.23. The van der Waals surface area contributed by atoms with E-state index in [0.717, 1.165) is 5.39 Å². The van der Waals surface area contributed by atoms with Crippen molar-refractivity contribution in [2.24, 2.45) is 0 Å². The molecular weight excluding hydrogens is 350 g/mol. The summed E-state index contributed by atoms with van der Waals surface area (Å²) in [6.07, 6.45) is 1.41. The first-order valence-corrected chi connectivity index (χ1v) is 8.14. The number of hydrogen-bond donors (Lipinski definition) is 0. The number of aromatic nitrogens is 1. The van der Waals surface area contributed by atoms with Gasteiger partial charge in [-0.3, -0.25) is 0 Å².